The van der Waals surface area contributed by atoms with E-state index in [-0.39, 0.29) is 12.7 Å². The van der Waals surface area contributed by atoms with Crippen LogP contribution in [0, 0.1) is 12.3 Å². The minimum absolute atomic E-state index is 0.0265. The Bertz CT molecular complexity index is 379. The predicted molar refractivity (Wildman–Crippen MR) is 63.4 cm³/mol. The first-order valence-corrected chi connectivity index (χ1v) is 5.60. The van der Waals surface area contributed by atoms with E-state index in [0.717, 1.165) is 0 Å². The fourth-order valence-corrected chi connectivity index (χ4v) is 1.58. The molecule has 18 heavy (non-hydrogen) atoms. The van der Waals surface area contributed by atoms with Gasteiger partial charge in [-0.15, -0.1) is 12.3 Å². The Balaban J connectivity index is 2.66. The Labute approximate surface area is 106 Å². The monoisotopic (exact) mass is 252 g/mol. The average Bonchev–Trinajstić information content (AvgIpc) is 2.28. The molecule has 0 aromatic heterocycles. The molecule has 5 nitrogen and oxygen atoms in total. The van der Waals surface area contributed by atoms with Crippen LogP contribution in [0.1, 0.15) is 20.3 Å². The molecule has 0 saturated heterocycles. The molecule has 0 aromatic carbocycles. The molecule has 0 unspecified atom stereocenters. The summed E-state index contributed by atoms with van der Waals surface area (Å²) >= 11 is 0. The normalized spacial score (nSPS) is 26.2. The van der Waals surface area contributed by atoms with Gasteiger partial charge in [0.1, 0.15) is 18.8 Å². The molecule has 5 heteroatoms. The maximum absolute atomic E-state index is 11.0. The van der Waals surface area contributed by atoms with Gasteiger partial charge in [-0.1, -0.05) is 6.08 Å². The van der Waals surface area contributed by atoms with E-state index in [4.69, 9.17) is 20.6 Å². The maximum atomic E-state index is 11.0. The summed E-state index contributed by atoms with van der Waals surface area (Å²) in [5.74, 6) is 1.65. The fourth-order valence-electron chi connectivity index (χ4n) is 1.58. The van der Waals surface area contributed by atoms with E-state index in [1.54, 1.807) is 12.2 Å². The zero-order valence-electron chi connectivity index (χ0n) is 10.4. The minimum atomic E-state index is -0.559. The van der Waals surface area contributed by atoms with Gasteiger partial charge < -0.3 is 14.2 Å². The number of rotatable bonds is 4. The standard InChI is InChI=1S/C13H16O5/c1-4-5-11-6-7-12(17-10(3)15)13(18-11)8-16-9(2)14/h1,6-7,11-13H,5,8H2,2-3H3/t11-,12+,13-/m1/s1. The van der Waals surface area contributed by atoms with E-state index in [1.165, 1.54) is 13.8 Å². The van der Waals surface area contributed by atoms with Gasteiger partial charge in [0.2, 0.25) is 0 Å². The van der Waals surface area contributed by atoms with E-state index in [9.17, 15) is 9.59 Å². The largest absolute Gasteiger partial charge is 0.463 e. The molecule has 0 spiro atoms. The van der Waals surface area contributed by atoms with Crippen molar-refractivity contribution in [2.75, 3.05) is 6.61 Å². The van der Waals surface area contributed by atoms with Crippen molar-refractivity contribution in [3.05, 3.63) is 12.2 Å². The van der Waals surface area contributed by atoms with Crippen molar-refractivity contribution in [3.63, 3.8) is 0 Å². The van der Waals surface area contributed by atoms with E-state index in [1.807, 2.05) is 0 Å². The maximum Gasteiger partial charge on any atom is 0.303 e. The molecule has 0 saturated carbocycles. The molecule has 1 heterocycles. The van der Waals surface area contributed by atoms with Gasteiger partial charge in [0.15, 0.2) is 0 Å². The summed E-state index contributed by atoms with van der Waals surface area (Å²) in [5, 5.41) is 0. The van der Waals surface area contributed by atoms with Crippen LogP contribution in [0.5, 0.6) is 0 Å². The highest BCUT2D eigenvalue weighted by Crippen LogP contribution is 2.18. The molecule has 0 aliphatic carbocycles. The van der Waals surface area contributed by atoms with Crippen LogP contribution in [0.3, 0.4) is 0 Å². The number of hydrogen-bond donors (Lipinski definition) is 0. The van der Waals surface area contributed by atoms with Crippen molar-refractivity contribution < 1.29 is 23.8 Å². The van der Waals surface area contributed by atoms with Gasteiger partial charge in [0, 0.05) is 20.3 Å². The van der Waals surface area contributed by atoms with E-state index in [2.05, 4.69) is 5.92 Å². The summed E-state index contributed by atoms with van der Waals surface area (Å²) < 4.78 is 15.6. The zero-order chi connectivity index (χ0) is 13.5. The molecule has 98 valence electrons. The Morgan fingerprint density at radius 1 is 1.33 bits per heavy atom. The SMILES string of the molecule is C#CC[C@@H]1C=C[C@H](OC(C)=O)[C@@H](COC(C)=O)O1. The second-order valence-corrected chi connectivity index (χ2v) is 3.88. The van der Waals surface area contributed by atoms with E-state index < -0.39 is 24.1 Å². The van der Waals surface area contributed by atoms with Gasteiger partial charge in [-0.2, -0.15) is 0 Å². The second-order valence-electron chi connectivity index (χ2n) is 3.88. The average molecular weight is 252 g/mol. The Morgan fingerprint density at radius 2 is 2.06 bits per heavy atom. The highest BCUT2D eigenvalue weighted by Gasteiger charge is 2.30. The molecular weight excluding hydrogens is 236 g/mol. The molecule has 0 fully saturated rings. The third-order valence-corrected chi connectivity index (χ3v) is 2.30. The van der Waals surface area contributed by atoms with Crippen LogP contribution in [0.4, 0.5) is 0 Å². The van der Waals surface area contributed by atoms with Crippen molar-refractivity contribution in [2.24, 2.45) is 0 Å². The fraction of sp³-hybridized carbons (Fsp3) is 0.538. The third kappa shape index (κ3) is 4.60. The third-order valence-electron chi connectivity index (χ3n) is 2.30. The van der Waals surface area contributed by atoms with Gasteiger partial charge in [0.05, 0.1) is 6.10 Å². The van der Waals surface area contributed by atoms with E-state index in [0.29, 0.717) is 6.42 Å². The van der Waals surface area contributed by atoms with Crippen LogP contribution in [-0.2, 0) is 23.8 Å². The molecule has 0 radical (unpaired) electrons. The molecule has 0 N–H and O–H groups in total. The first-order chi connectivity index (χ1) is 8.52. The number of carbonyl (C=O) groups is 2. The zero-order valence-corrected chi connectivity index (χ0v) is 10.4. The van der Waals surface area contributed by atoms with Crippen LogP contribution >= 0.6 is 0 Å². The van der Waals surface area contributed by atoms with Gasteiger partial charge in [0.25, 0.3) is 0 Å². The molecule has 0 aromatic rings. The van der Waals surface area contributed by atoms with Crippen LogP contribution in [-0.4, -0.2) is 36.9 Å². The molecule has 1 rings (SSSR count). The van der Waals surface area contributed by atoms with Gasteiger partial charge >= 0.3 is 11.9 Å². The first-order valence-electron chi connectivity index (χ1n) is 5.60. The Hall–Kier alpha value is -1.80. The van der Waals surface area contributed by atoms with Crippen molar-refractivity contribution >= 4 is 11.9 Å². The van der Waals surface area contributed by atoms with Crippen LogP contribution in [0.25, 0.3) is 0 Å². The van der Waals surface area contributed by atoms with Crippen molar-refractivity contribution in [1.29, 1.82) is 0 Å². The van der Waals surface area contributed by atoms with Crippen molar-refractivity contribution in [1.82, 2.24) is 0 Å². The van der Waals surface area contributed by atoms with Crippen molar-refractivity contribution in [2.45, 2.75) is 38.6 Å². The first kappa shape index (κ1) is 14.3. The number of hydrogen-bond acceptors (Lipinski definition) is 5. The Kier molecular flexibility index (Phi) is 5.40. The Morgan fingerprint density at radius 3 is 2.61 bits per heavy atom. The summed E-state index contributed by atoms with van der Waals surface area (Å²) in [4.78, 5) is 21.7. The second kappa shape index (κ2) is 6.82. The summed E-state index contributed by atoms with van der Waals surface area (Å²) in [6.45, 7) is 2.64. The molecule has 3 atom stereocenters. The number of esters is 2. The van der Waals surface area contributed by atoms with Crippen molar-refractivity contribution in [3.8, 4) is 12.3 Å². The predicted octanol–water partition coefficient (Wildman–Crippen LogP) is 0.828. The summed E-state index contributed by atoms with van der Waals surface area (Å²) in [5.41, 5.74) is 0. The topological polar surface area (TPSA) is 61.8 Å². The number of ether oxygens (including phenoxy) is 3. The lowest BCUT2D eigenvalue weighted by Crippen LogP contribution is -2.41. The number of carbonyl (C=O) groups excluding carboxylic acids is 2. The lowest BCUT2D eigenvalue weighted by Gasteiger charge is -2.30. The van der Waals surface area contributed by atoms with Gasteiger partial charge in [-0.05, 0) is 6.08 Å². The van der Waals surface area contributed by atoms with Gasteiger partial charge in [-0.3, -0.25) is 9.59 Å². The lowest BCUT2D eigenvalue weighted by molar-refractivity contribution is -0.163. The highest BCUT2D eigenvalue weighted by molar-refractivity contribution is 5.66. The quantitative estimate of drug-likeness (QED) is 0.421. The van der Waals surface area contributed by atoms with Crippen LogP contribution in [0.15, 0.2) is 12.2 Å². The van der Waals surface area contributed by atoms with E-state index >= 15 is 0 Å². The molecule has 0 amide bonds. The molecular formula is C13H16O5. The lowest BCUT2D eigenvalue weighted by atomic mass is 10.1. The molecule has 0 bridgehead atoms. The highest BCUT2D eigenvalue weighted by atomic mass is 16.6. The smallest absolute Gasteiger partial charge is 0.303 e. The summed E-state index contributed by atoms with van der Waals surface area (Å²) in [6.07, 6.45) is 7.75. The van der Waals surface area contributed by atoms with Gasteiger partial charge in [-0.25, -0.2) is 0 Å². The number of terminal acetylenes is 1. The van der Waals surface area contributed by atoms with Crippen LogP contribution < -0.4 is 0 Å². The minimum Gasteiger partial charge on any atom is -0.463 e. The summed E-state index contributed by atoms with van der Waals surface area (Å²) in [6, 6.07) is 0. The summed E-state index contributed by atoms with van der Waals surface area (Å²) in [7, 11) is 0. The molecule has 1 aliphatic heterocycles. The van der Waals surface area contributed by atoms with Crippen LogP contribution in [0.2, 0.25) is 0 Å². The molecule has 1 aliphatic rings.